The molecule has 0 saturated carbocycles. The first-order chi connectivity index (χ1) is 14.1. The lowest BCUT2D eigenvalue weighted by molar-refractivity contribution is 0.0689. The molecule has 0 radical (unpaired) electrons. The van der Waals surface area contributed by atoms with Crippen molar-refractivity contribution in [2.75, 3.05) is 13.1 Å². The molecule has 29 heavy (non-hydrogen) atoms. The number of likely N-dealkylation sites (tertiary alicyclic amines) is 1. The maximum Gasteiger partial charge on any atom is 0.289 e. The molecule has 6 nitrogen and oxygen atoms in total. The summed E-state index contributed by atoms with van der Waals surface area (Å²) in [4.78, 5) is 27.3. The molecule has 2 heterocycles. The van der Waals surface area contributed by atoms with Gasteiger partial charge in [-0.1, -0.05) is 23.7 Å². The summed E-state index contributed by atoms with van der Waals surface area (Å²) in [6.45, 7) is 3.45. The minimum Gasteiger partial charge on any atom is -0.455 e. The van der Waals surface area contributed by atoms with Gasteiger partial charge in [0.2, 0.25) is 0 Å². The van der Waals surface area contributed by atoms with Gasteiger partial charge in [0.05, 0.1) is 16.3 Å². The van der Waals surface area contributed by atoms with E-state index in [0.717, 1.165) is 61.4 Å². The Bertz CT molecular complexity index is 974. The molecule has 2 aromatic rings. The highest BCUT2D eigenvalue weighted by Gasteiger charge is 2.30. The van der Waals surface area contributed by atoms with Crippen LogP contribution in [0.2, 0.25) is 5.02 Å². The van der Waals surface area contributed by atoms with Crippen LogP contribution < -0.4 is 5.43 Å². The van der Waals surface area contributed by atoms with Gasteiger partial charge in [-0.05, 0) is 51.2 Å². The van der Waals surface area contributed by atoms with E-state index < -0.39 is 0 Å². The minimum absolute atomic E-state index is 0.0453. The number of carbonyl (C=O) groups is 2. The predicted molar refractivity (Wildman–Crippen MR) is 112 cm³/mol. The predicted octanol–water partition coefficient (Wildman–Crippen LogP) is 4.34. The van der Waals surface area contributed by atoms with Crippen molar-refractivity contribution in [1.82, 2.24) is 10.3 Å². The Balaban J connectivity index is 1.58. The summed E-state index contributed by atoms with van der Waals surface area (Å²) in [7, 11) is 0. The molecular weight excluding hydrogens is 390 g/mol. The van der Waals surface area contributed by atoms with Gasteiger partial charge >= 0.3 is 0 Å². The minimum atomic E-state index is -0.360. The van der Waals surface area contributed by atoms with E-state index in [4.69, 9.17) is 16.0 Å². The quantitative estimate of drug-likeness (QED) is 0.760. The van der Waals surface area contributed by atoms with Crippen LogP contribution in [0, 0.1) is 6.92 Å². The number of benzene rings is 1. The number of hydrazone groups is 1. The summed E-state index contributed by atoms with van der Waals surface area (Å²) < 4.78 is 5.99. The van der Waals surface area contributed by atoms with Crippen molar-refractivity contribution >= 4 is 29.1 Å². The number of rotatable bonds is 3. The molecule has 1 aromatic heterocycles. The van der Waals surface area contributed by atoms with Crippen molar-refractivity contribution in [3.63, 3.8) is 0 Å². The topological polar surface area (TPSA) is 74.9 Å². The van der Waals surface area contributed by atoms with E-state index in [1.54, 1.807) is 24.3 Å². The number of fused-ring (bicyclic) bond motifs is 1. The van der Waals surface area contributed by atoms with Gasteiger partial charge in [0.25, 0.3) is 11.8 Å². The number of carbonyl (C=O) groups excluding carboxylic acids is 2. The van der Waals surface area contributed by atoms with E-state index in [2.05, 4.69) is 10.5 Å². The normalized spacial score (nSPS) is 17.9. The van der Waals surface area contributed by atoms with Crippen molar-refractivity contribution in [1.29, 1.82) is 0 Å². The van der Waals surface area contributed by atoms with E-state index in [1.165, 1.54) is 6.42 Å². The summed E-state index contributed by atoms with van der Waals surface area (Å²) in [5.74, 6) is 0.779. The van der Waals surface area contributed by atoms with E-state index in [9.17, 15) is 9.59 Å². The highest BCUT2D eigenvalue weighted by atomic mass is 35.5. The molecule has 1 aliphatic carbocycles. The molecule has 0 atom stereocenters. The molecule has 152 valence electrons. The second-order valence-corrected chi connectivity index (χ2v) is 7.95. The number of hydrogen-bond acceptors (Lipinski definition) is 4. The Morgan fingerprint density at radius 1 is 1.10 bits per heavy atom. The van der Waals surface area contributed by atoms with Crippen LogP contribution in [0.15, 0.2) is 33.8 Å². The van der Waals surface area contributed by atoms with E-state index in [0.29, 0.717) is 22.8 Å². The monoisotopic (exact) mass is 413 g/mol. The van der Waals surface area contributed by atoms with Crippen LogP contribution in [0.3, 0.4) is 0 Å². The number of halogens is 1. The number of hydrogen-bond donors (Lipinski definition) is 1. The summed E-state index contributed by atoms with van der Waals surface area (Å²) in [5.41, 5.74) is 5.39. The van der Waals surface area contributed by atoms with Crippen molar-refractivity contribution < 1.29 is 14.0 Å². The van der Waals surface area contributed by atoms with Crippen LogP contribution >= 0.6 is 11.6 Å². The standard InChI is InChI=1S/C22H24ClN3O3/c1-14-19-17(24-25-21(27)15-8-3-4-9-16(15)23)10-7-11-18(19)29-20(14)22(28)26-12-5-2-6-13-26/h3-4,8-9H,2,5-7,10-13H2,1H3,(H,25,27)/b24-17+. The zero-order valence-electron chi connectivity index (χ0n) is 16.5. The zero-order chi connectivity index (χ0) is 20.4. The highest BCUT2D eigenvalue weighted by Crippen LogP contribution is 2.31. The van der Waals surface area contributed by atoms with Gasteiger partial charge in [0.1, 0.15) is 5.76 Å². The molecule has 1 aromatic carbocycles. The van der Waals surface area contributed by atoms with Gasteiger partial charge in [0.15, 0.2) is 5.76 Å². The molecule has 2 amide bonds. The lowest BCUT2D eigenvalue weighted by Crippen LogP contribution is -2.35. The molecule has 7 heteroatoms. The van der Waals surface area contributed by atoms with Crippen LogP contribution in [0.4, 0.5) is 0 Å². The number of furan rings is 1. The van der Waals surface area contributed by atoms with Crippen molar-refractivity contribution in [2.45, 2.75) is 45.4 Å². The Labute approximate surface area is 174 Å². The van der Waals surface area contributed by atoms with Crippen LogP contribution in [0.1, 0.15) is 69.9 Å². The van der Waals surface area contributed by atoms with Gasteiger partial charge in [-0.3, -0.25) is 9.59 Å². The third kappa shape index (κ3) is 3.94. The van der Waals surface area contributed by atoms with Crippen LogP contribution in [-0.2, 0) is 6.42 Å². The number of piperidine rings is 1. The summed E-state index contributed by atoms with van der Waals surface area (Å²) in [5, 5.41) is 4.74. The molecule has 1 aliphatic heterocycles. The second kappa shape index (κ2) is 8.41. The molecule has 1 N–H and O–H groups in total. The highest BCUT2D eigenvalue weighted by molar-refractivity contribution is 6.33. The summed E-state index contributed by atoms with van der Waals surface area (Å²) >= 11 is 6.09. The fraction of sp³-hybridized carbons (Fsp3) is 0.409. The molecule has 0 spiro atoms. The zero-order valence-corrected chi connectivity index (χ0v) is 17.2. The van der Waals surface area contributed by atoms with Gasteiger partial charge in [-0.2, -0.15) is 5.10 Å². The number of aryl methyl sites for hydroxylation is 1. The Morgan fingerprint density at radius 3 is 2.62 bits per heavy atom. The number of nitrogens with one attached hydrogen (secondary N) is 1. The van der Waals surface area contributed by atoms with Crippen LogP contribution in [0.5, 0.6) is 0 Å². The molecule has 0 bridgehead atoms. The van der Waals surface area contributed by atoms with Crippen molar-refractivity contribution in [3.8, 4) is 0 Å². The van der Waals surface area contributed by atoms with E-state index in [1.807, 2.05) is 11.8 Å². The third-order valence-corrected chi connectivity index (χ3v) is 5.90. The molecular formula is C22H24ClN3O3. The number of nitrogens with zero attached hydrogens (tertiary/aromatic N) is 2. The average Bonchev–Trinajstić information content (AvgIpc) is 3.09. The third-order valence-electron chi connectivity index (χ3n) is 5.57. The first kappa shape index (κ1) is 19.7. The molecule has 0 unspecified atom stereocenters. The molecule has 2 aliphatic rings. The SMILES string of the molecule is Cc1c(C(=O)N2CCCCC2)oc2c1/C(=N/NC(=O)c1ccccc1Cl)CCC2. The van der Waals surface area contributed by atoms with Crippen molar-refractivity contribution in [2.24, 2.45) is 5.10 Å². The second-order valence-electron chi connectivity index (χ2n) is 7.54. The van der Waals surface area contributed by atoms with Crippen molar-refractivity contribution in [3.05, 3.63) is 57.5 Å². The Morgan fingerprint density at radius 2 is 1.86 bits per heavy atom. The first-order valence-corrected chi connectivity index (χ1v) is 10.5. The number of amides is 2. The van der Waals surface area contributed by atoms with Gasteiger partial charge in [-0.25, -0.2) is 5.43 Å². The molecule has 4 rings (SSSR count). The van der Waals surface area contributed by atoms with E-state index in [-0.39, 0.29) is 11.8 Å². The fourth-order valence-electron chi connectivity index (χ4n) is 4.05. The summed E-state index contributed by atoms with van der Waals surface area (Å²) in [6, 6.07) is 6.85. The van der Waals surface area contributed by atoms with Crippen LogP contribution in [-0.4, -0.2) is 35.5 Å². The molecule has 1 saturated heterocycles. The lowest BCUT2D eigenvalue weighted by atomic mass is 9.93. The smallest absolute Gasteiger partial charge is 0.289 e. The van der Waals surface area contributed by atoms with Gasteiger partial charge in [-0.15, -0.1) is 0 Å². The lowest BCUT2D eigenvalue weighted by Gasteiger charge is -2.25. The summed E-state index contributed by atoms with van der Waals surface area (Å²) in [6.07, 6.45) is 5.57. The van der Waals surface area contributed by atoms with E-state index >= 15 is 0 Å². The maximum absolute atomic E-state index is 12.9. The van der Waals surface area contributed by atoms with Gasteiger partial charge < -0.3 is 9.32 Å². The molecule has 1 fully saturated rings. The fourth-order valence-corrected chi connectivity index (χ4v) is 4.27. The first-order valence-electron chi connectivity index (χ1n) is 10.1. The van der Waals surface area contributed by atoms with Crippen LogP contribution in [0.25, 0.3) is 0 Å². The average molecular weight is 414 g/mol. The Hall–Kier alpha value is -2.60. The maximum atomic E-state index is 12.9. The Kier molecular flexibility index (Phi) is 5.72. The largest absolute Gasteiger partial charge is 0.455 e. The van der Waals surface area contributed by atoms with Gasteiger partial charge in [0, 0.05) is 30.6 Å².